The topological polar surface area (TPSA) is 81.8 Å². The highest BCUT2D eigenvalue weighted by molar-refractivity contribution is 6.35. The first-order valence-corrected chi connectivity index (χ1v) is 6.74. The van der Waals surface area contributed by atoms with Crippen molar-refractivity contribution in [3.8, 4) is 0 Å². The molecule has 0 spiro atoms. The number of carbonyl (C=O) groups excluding carboxylic acids is 3. The van der Waals surface area contributed by atoms with E-state index in [1.54, 1.807) is 4.90 Å². The van der Waals surface area contributed by atoms with E-state index >= 15 is 0 Å². The van der Waals surface area contributed by atoms with Crippen molar-refractivity contribution >= 4 is 17.7 Å². The molecule has 0 aromatic rings. The molecule has 2 heterocycles. The molecule has 3 amide bonds. The summed E-state index contributed by atoms with van der Waals surface area (Å²) in [6.07, 6.45) is 2.03. The van der Waals surface area contributed by atoms with E-state index in [9.17, 15) is 14.4 Å². The summed E-state index contributed by atoms with van der Waals surface area (Å²) in [4.78, 5) is 38.4. The fraction of sp³-hybridized carbons (Fsp3) is 0.750. The van der Waals surface area contributed by atoms with Gasteiger partial charge < -0.3 is 20.4 Å². The number of carbonyl (C=O) groups is 3. The van der Waals surface area contributed by atoms with Crippen LogP contribution in [0, 0.1) is 0 Å². The van der Waals surface area contributed by atoms with Crippen molar-refractivity contribution in [1.82, 2.24) is 20.4 Å². The zero-order chi connectivity index (χ0) is 13.7. The van der Waals surface area contributed by atoms with Crippen LogP contribution in [0.5, 0.6) is 0 Å². The lowest BCUT2D eigenvalue weighted by molar-refractivity contribution is -0.146. The summed E-state index contributed by atoms with van der Waals surface area (Å²) < 4.78 is 0. The fourth-order valence-corrected chi connectivity index (χ4v) is 2.32. The molecule has 0 unspecified atom stereocenters. The molecule has 0 radical (unpaired) electrons. The van der Waals surface area contributed by atoms with Gasteiger partial charge in [0.1, 0.15) is 0 Å². The highest BCUT2D eigenvalue weighted by Crippen LogP contribution is 2.06. The number of amides is 3. The van der Waals surface area contributed by atoms with Crippen molar-refractivity contribution in [3.63, 3.8) is 0 Å². The Bertz CT molecular complexity index is 360. The zero-order valence-corrected chi connectivity index (χ0v) is 11.0. The average Bonchev–Trinajstić information content (AvgIpc) is 2.98. The number of nitrogens with one attached hydrogen (secondary N) is 2. The maximum atomic E-state index is 11.8. The van der Waals surface area contributed by atoms with Crippen LogP contribution in [-0.4, -0.2) is 73.3 Å². The Morgan fingerprint density at radius 3 is 2.21 bits per heavy atom. The first kappa shape index (κ1) is 13.8. The molecule has 0 atom stereocenters. The van der Waals surface area contributed by atoms with E-state index < -0.39 is 11.8 Å². The molecule has 7 heteroatoms. The summed E-state index contributed by atoms with van der Waals surface area (Å²) in [7, 11) is 0. The van der Waals surface area contributed by atoms with Crippen molar-refractivity contribution in [1.29, 1.82) is 0 Å². The molecule has 106 valence electrons. The monoisotopic (exact) mass is 268 g/mol. The average molecular weight is 268 g/mol. The van der Waals surface area contributed by atoms with Crippen LogP contribution in [0.4, 0.5) is 0 Å². The van der Waals surface area contributed by atoms with Gasteiger partial charge in [0.2, 0.25) is 5.91 Å². The van der Waals surface area contributed by atoms with E-state index in [1.165, 1.54) is 4.90 Å². The van der Waals surface area contributed by atoms with Crippen LogP contribution in [0.3, 0.4) is 0 Å². The van der Waals surface area contributed by atoms with Gasteiger partial charge in [-0.3, -0.25) is 14.4 Å². The van der Waals surface area contributed by atoms with E-state index in [0.29, 0.717) is 26.2 Å². The van der Waals surface area contributed by atoms with E-state index in [0.717, 1.165) is 25.9 Å². The second-order valence-electron chi connectivity index (χ2n) is 4.81. The summed E-state index contributed by atoms with van der Waals surface area (Å²) in [6, 6.07) is 0. The van der Waals surface area contributed by atoms with Gasteiger partial charge in [0.15, 0.2) is 0 Å². The molecule has 2 N–H and O–H groups in total. The van der Waals surface area contributed by atoms with Gasteiger partial charge in [-0.25, -0.2) is 0 Å². The number of hydrogen-bond donors (Lipinski definition) is 2. The third-order valence-corrected chi connectivity index (χ3v) is 3.46. The van der Waals surface area contributed by atoms with Gasteiger partial charge in [-0.15, -0.1) is 0 Å². The van der Waals surface area contributed by atoms with Crippen LogP contribution < -0.4 is 10.6 Å². The van der Waals surface area contributed by atoms with Crippen molar-refractivity contribution in [2.75, 3.05) is 45.8 Å². The quantitative estimate of drug-likeness (QED) is 0.577. The predicted molar refractivity (Wildman–Crippen MR) is 68.3 cm³/mol. The van der Waals surface area contributed by atoms with Gasteiger partial charge in [-0.1, -0.05) is 0 Å². The largest absolute Gasteiger partial charge is 0.341 e. The molecule has 2 aliphatic rings. The summed E-state index contributed by atoms with van der Waals surface area (Å²) in [6.45, 7) is 3.88. The second kappa shape index (κ2) is 6.51. The standard InChI is InChI=1S/C12H20N4O3/c17-10(15-5-1-2-6-15)9-14-11(18)12(19)16-7-3-13-4-8-16/h13H,1-9H2,(H,14,18). The van der Waals surface area contributed by atoms with Crippen molar-refractivity contribution in [2.24, 2.45) is 0 Å². The summed E-state index contributed by atoms with van der Waals surface area (Å²) >= 11 is 0. The first-order valence-electron chi connectivity index (χ1n) is 6.74. The van der Waals surface area contributed by atoms with Crippen LogP contribution in [-0.2, 0) is 14.4 Å². The molecule has 0 aliphatic carbocycles. The molecule has 19 heavy (non-hydrogen) atoms. The molecule has 0 aromatic heterocycles. The lowest BCUT2D eigenvalue weighted by Gasteiger charge is -2.26. The molecular weight excluding hydrogens is 248 g/mol. The molecular formula is C12H20N4O3. The van der Waals surface area contributed by atoms with Crippen molar-refractivity contribution < 1.29 is 14.4 Å². The Labute approximate surface area is 112 Å². The highest BCUT2D eigenvalue weighted by atomic mass is 16.2. The lowest BCUT2D eigenvalue weighted by atomic mass is 10.3. The number of piperazine rings is 1. The summed E-state index contributed by atoms with van der Waals surface area (Å²) in [5.74, 6) is -1.34. The Morgan fingerprint density at radius 1 is 0.947 bits per heavy atom. The third-order valence-electron chi connectivity index (χ3n) is 3.46. The molecule has 0 bridgehead atoms. The molecule has 2 aliphatic heterocycles. The highest BCUT2D eigenvalue weighted by Gasteiger charge is 2.24. The van der Waals surface area contributed by atoms with Crippen LogP contribution in [0.25, 0.3) is 0 Å². The second-order valence-corrected chi connectivity index (χ2v) is 4.81. The maximum Gasteiger partial charge on any atom is 0.311 e. The van der Waals surface area contributed by atoms with E-state index in [2.05, 4.69) is 10.6 Å². The molecule has 2 rings (SSSR count). The van der Waals surface area contributed by atoms with E-state index in [-0.39, 0.29) is 12.5 Å². The Balaban J connectivity index is 1.73. The van der Waals surface area contributed by atoms with Gasteiger partial charge in [-0.05, 0) is 12.8 Å². The maximum absolute atomic E-state index is 11.8. The van der Waals surface area contributed by atoms with Crippen LogP contribution in [0.15, 0.2) is 0 Å². The van der Waals surface area contributed by atoms with Gasteiger partial charge in [0, 0.05) is 39.3 Å². The smallest absolute Gasteiger partial charge is 0.311 e. The van der Waals surface area contributed by atoms with Crippen molar-refractivity contribution in [3.05, 3.63) is 0 Å². The molecule has 2 fully saturated rings. The number of rotatable bonds is 2. The summed E-state index contributed by atoms with van der Waals surface area (Å²) in [5.41, 5.74) is 0. The molecule has 2 saturated heterocycles. The van der Waals surface area contributed by atoms with Crippen LogP contribution >= 0.6 is 0 Å². The SMILES string of the molecule is O=C(NCC(=O)N1CCCC1)C(=O)N1CCNCC1. The normalized spacial score (nSPS) is 19.4. The summed E-state index contributed by atoms with van der Waals surface area (Å²) in [5, 5.41) is 5.52. The minimum absolute atomic E-state index is 0.0866. The minimum atomic E-state index is -0.686. The van der Waals surface area contributed by atoms with Gasteiger partial charge in [-0.2, -0.15) is 0 Å². The predicted octanol–water partition coefficient (Wildman–Crippen LogP) is -1.84. The van der Waals surface area contributed by atoms with Crippen LogP contribution in [0.2, 0.25) is 0 Å². The molecule has 0 aromatic carbocycles. The zero-order valence-electron chi connectivity index (χ0n) is 11.0. The Morgan fingerprint density at radius 2 is 1.58 bits per heavy atom. The number of nitrogens with zero attached hydrogens (tertiary/aromatic N) is 2. The minimum Gasteiger partial charge on any atom is -0.341 e. The Kier molecular flexibility index (Phi) is 4.73. The third kappa shape index (κ3) is 3.66. The fourth-order valence-electron chi connectivity index (χ4n) is 2.32. The van der Waals surface area contributed by atoms with Gasteiger partial charge in [0.05, 0.1) is 6.54 Å². The molecule has 7 nitrogen and oxygen atoms in total. The van der Waals surface area contributed by atoms with E-state index in [1.807, 2.05) is 0 Å². The van der Waals surface area contributed by atoms with Gasteiger partial charge >= 0.3 is 11.8 Å². The first-order chi connectivity index (χ1) is 9.18. The van der Waals surface area contributed by atoms with E-state index in [4.69, 9.17) is 0 Å². The van der Waals surface area contributed by atoms with Crippen LogP contribution in [0.1, 0.15) is 12.8 Å². The van der Waals surface area contributed by atoms with Gasteiger partial charge in [0.25, 0.3) is 0 Å². The number of likely N-dealkylation sites (tertiary alicyclic amines) is 1. The number of hydrogen-bond acceptors (Lipinski definition) is 4. The Hall–Kier alpha value is -1.63. The van der Waals surface area contributed by atoms with Crippen molar-refractivity contribution in [2.45, 2.75) is 12.8 Å². The lowest BCUT2D eigenvalue weighted by Crippen LogP contribution is -2.52. The molecule has 0 saturated carbocycles.